The Bertz CT molecular complexity index is 3880. The van der Waals surface area contributed by atoms with Gasteiger partial charge in [0, 0.05) is 48.6 Å². The topological polar surface area (TPSA) is 515 Å². The fourth-order valence-electron chi connectivity index (χ4n) is 10.6. The van der Waals surface area contributed by atoms with E-state index in [9.17, 15) is 102 Å². The van der Waals surface area contributed by atoms with Crippen LogP contribution < -0.4 is 63.8 Å². The minimum Gasteiger partial charge on any atom is -0.481 e. The van der Waals surface area contributed by atoms with Crippen molar-refractivity contribution in [2.45, 2.75) is 189 Å². The van der Waals surface area contributed by atoms with Crippen LogP contribution in [0.4, 0.5) is 0 Å². The maximum Gasteiger partial charge on any atom is 0.326 e. The Morgan fingerprint density at radius 3 is 1.06 bits per heavy atom. The average Bonchev–Trinajstić information content (AvgIpc) is 1.67. The van der Waals surface area contributed by atoms with Gasteiger partial charge in [0.15, 0.2) is 0 Å². The number of rotatable bonds is 49. The van der Waals surface area contributed by atoms with E-state index in [1.54, 1.807) is 79.7 Å². The average molecular weight is 1600 g/mol. The summed E-state index contributed by atoms with van der Waals surface area (Å²) in [4.78, 5) is 225. The van der Waals surface area contributed by atoms with Crippen molar-refractivity contribution >= 4 is 146 Å². The number of carboxylic acids is 4. The third kappa shape index (κ3) is 30.9. The largest absolute Gasteiger partial charge is 0.481 e. The van der Waals surface area contributed by atoms with E-state index in [0.717, 1.165) is 42.1 Å². The molecule has 0 saturated heterocycles. The van der Waals surface area contributed by atoms with Crippen LogP contribution in [-0.2, 0) is 71.9 Å². The molecule has 0 aliphatic heterocycles. The van der Waals surface area contributed by atoms with E-state index in [1.807, 2.05) is 38.1 Å². The number of nitrogens with one attached hydrogen (secondary N) is 12. The number of hydrogen-bond acceptors (Lipinski definition) is 21. The monoisotopic (exact) mass is 1600 g/mol. The van der Waals surface area contributed by atoms with Gasteiger partial charge < -0.3 is 84.2 Å². The number of ketones is 1. The molecule has 0 bridgehead atoms. The first-order valence-electron chi connectivity index (χ1n) is 35.8. The highest BCUT2D eigenvalue weighted by Gasteiger charge is 2.37. The van der Waals surface area contributed by atoms with Gasteiger partial charge in [0.2, 0.25) is 58.9 Å². The van der Waals surface area contributed by atoms with Crippen LogP contribution in [0.25, 0.3) is 29.3 Å². The molecule has 37 heteroatoms. The number of carbonyl (C=O) groups excluding carboxylic acids is 13. The van der Waals surface area contributed by atoms with Crippen molar-refractivity contribution < 1.29 is 102 Å². The van der Waals surface area contributed by atoms with Gasteiger partial charge in [-0.05, 0) is 97.9 Å². The third-order valence-electron chi connectivity index (χ3n) is 16.9. The Morgan fingerprint density at radius 2 is 0.679 bits per heavy atom. The lowest BCUT2D eigenvalue weighted by Crippen LogP contribution is -2.59. The molecule has 598 valence electrons. The molecule has 0 aliphatic rings. The van der Waals surface area contributed by atoms with Crippen LogP contribution in [0.3, 0.4) is 0 Å². The predicted octanol–water partition coefficient (Wildman–Crippen LogP) is 4.00. The molecule has 0 unspecified atom stereocenters. The first kappa shape index (κ1) is 91.4. The van der Waals surface area contributed by atoms with Gasteiger partial charge in [0.1, 0.15) is 36.3 Å². The molecule has 8 atom stereocenters. The first-order valence-corrected chi connectivity index (χ1v) is 39.0. The summed E-state index contributed by atoms with van der Waals surface area (Å²) in [6, 6.07) is 5.18. The standard InChI is InChI=1S/C72H100N12O21S4/c1-11-13-15-17-41(64(95)81-58(36(3)4)62(93)70(101)75-31-40(19-29-56(89)90)63(94)83-60(38(7)8)71(102)103)78-54(87)34-73-52(85)32-76-67(98)50-27-25-48(108-50)46-23-21-44(106-46)45-22-24-47(107-45)49-26-28-51(109-49)68(99)77-33-53(86)74-35-55(88)79-42(18-16-14-12-2)65(96)82-59(37(5)6)69(100)80-43(20-30-57(91)92)66(97)84-61(39(9)10)72(104)105/h21-28,36-43,58-61H,11-20,29-35H2,1-10H3,(H,73,85)(H,74,86)(H,75,101)(H,76,98)(H,77,99)(H,78,87)(H,79,88)(H,80,100)(H,81,95)(H,82,96)(H,83,94)(H,84,97)(H,89,90)(H,91,92)(H,102,103)(H,104,105)/t40-,41+,42+,43+,58+,59+,60+,61+/m1/s1. The Morgan fingerprint density at radius 1 is 0.339 bits per heavy atom. The Labute approximate surface area is 646 Å². The second-order valence-corrected chi connectivity index (χ2v) is 31.4. The Balaban J connectivity index is 1.27. The van der Waals surface area contributed by atoms with Gasteiger partial charge in [0.05, 0.1) is 47.9 Å². The third-order valence-corrected chi connectivity index (χ3v) is 21.8. The number of aliphatic carboxylic acids is 4. The summed E-state index contributed by atoms with van der Waals surface area (Å²) in [5, 5.41) is 67.4. The molecule has 4 rings (SSSR count). The minimum atomic E-state index is -1.47. The summed E-state index contributed by atoms with van der Waals surface area (Å²) >= 11 is 5.31. The highest BCUT2D eigenvalue weighted by molar-refractivity contribution is 7.29. The molecule has 33 nitrogen and oxygen atoms in total. The van der Waals surface area contributed by atoms with E-state index >= 15 is 0 Å². The molecule has 4 aromatic rings. The lowest BCUT2D eigenvalue weighted by atomic mass is 9.97. The molecule has 0 spiro atoms. The normalized spacial score (nSPS) is 13.4. The molecule has 12 amide bonds. The Kier molecular flexibility index (Phi) is 38.3. The van der Waals surface area contributed by atoms with Crippen LogP contribution in [0.5, 0.6) is 0 Å². The van der Waals surface area contributed by atoms with E-state index in [4.69, 9.17) is 0 Å². The lowest BCUT2D eigenvalue weighted by molar-refractivity contribution is -0.144. The van der Waals surface area contributed by atoms with E-state index in [-0.39, 0.29) is 25.7 Å². The van der Waals surface area contributed by atoms with Gasteiger partial charge in [-0.15, -0.1) is 45.3 Å². The zero-order valence-corrected chi connectivity index (χ0v) is 65.7. The molecular weight excluding hydrogens is 1500 g/mol. The van der Waals surface area contributed by atoms with E-state index < -0.39 is 218 Å². The summed E-state index contributed by atoms with van der Waals surface area (Å²) in [6.45, 7) is 13.7. The van der Waals surface area contributed by atoms with Crippen LogP contribution in [0.15, 0.2) is 48.5 Å². The molecule has 0 aliphatic carbocycles. The molecule has 4 heterocycles. The molecule has 0 aromatic carbocycles. The van der Waals surface area contributed by atoms with Crippen LogP contribution in [-0.4, -0.2) is 196 Å². The second-order valence-electron chi connectivity index (χ2n) is 27.1. The van der Waals surface area contributed by atoms with Gasteiger partial charge in [-0.25, -0.2) is 9.59 Å². The maximum atomic E-state index is 13.8. The molecule has 0 fully saturated rings. The highest BCUT2D eigenvalue weighted by atomic mass is 32.1. The number of carboxylic acid groups (broad SMARTS) is 4. The smallest absolute Gasteiger partial charge is 0.326 e. The number of thiophene rings is 4. The molecule has 4 aromatic heterocycles. The number of amides is 12. The van der Waals surface area contributed by atoms with Crippen molar-refractivity contribution in [1.29, 1.82) is 0 Å². The second kappa shape index (κ2) is 45.7. The Hall–Kier alpha value is -10.0. The van der Waals surface area contributed by atoms with Crippen LogP contribution in [0, 0.1) is 29.6 Å². The van der Waals surface area contributed by atoms with Crippen molar-refractivity contribution in [3.63, 3.8) is 0 Å². The van der Waals surface area contributed by atoms with Crippen LogP contribution >= 0.6 is 45.3 Å². The van der Waals surface area contributed by atoms with Crippen molar-refractivity contribution in [3.8, 4) is 29.3 Å². The van der Waals surface area contributed by atoms with E-state index in [1.165, 1.54) is 45.3 Å². The van der Waals surface area contributed by atoms with Gasteiger partial charge in [-0.1, -0.05) is 108 Å². The van der Waals surface area contributed by atoms with Crippen molar-refractivity contribution in [1.82, 2.24) is 63.8 Å². The van der Waals surface area contributed by atoms with Crippen LogP contribution in [0.2, 0.25) is 0 Å². The van der Waals surface area contributed by atoms with Crippen molar-refractivity contribution in [3.05, 3.63) is 58.3 Å². The molecular formula is C72H100N12O21S4. The minimum absolute atomic E-state index is 0.120. The molecule has 109 heavy (non-hydrogen) atoms. The number of carbonyl (C=O) groups is 17. The summed E-state index contributed by atoms with van der Waals surface area (Å²) in [7, 11) is 0. The summed E-state index contributed by atoms with van der Waals surface area (Å²) in [5.74, 6) is -19.4. The number of unbranched alkanes of at least 4 members (excludes halogenated alkanes) is 4. The first-order chi connectivity index (χ1) is 51.4. The van der Waals surface area contributed by atoms with Crippen molar-refractivity contribution in [2.75, 3.05) is 32.7 Å². The fraction of sp³-hybridized carbons (Fsp3) is 0.542. The lowest BCUT2D eigenvalue weighted by Gasteiger charge is -2.28. The predicted molar refractivity (Wildman–Crippen MR) is 407 cm³/mol. The maximum absolute atomic E-state index is 13.8. The van der Waals surface area contributed by atoms with Crippen molar-refractivity contribution in [2.24, 2.45) is 29.6 Å². The zero-order valence-electron chi connectivity index (χ0n) is 62.4. The summed E-state index contributed by atoms with van der Waals surface area (Å²) < 4.78 is 0. The van der Waals surface area contributed by atoms with E-state index in [2.05, 4.69) is 63.8 Å². The van der Waals surface area contributed by atoms with Gasteiger partial charge in [0.25, 0.3) is 17.7 Å². The summed E-state index contributed by atoms with van der Waals surface area (Å²) in [5.41, 5.74) is 0. The number of hydrogen-bond donors (Lipinski definition) is 16. The molecule has 0 radical (unpaired) electrons. The SMILES string of the molecule is CCCCC[C@H](NC(=O)CNC(=O)CNC(=O)c1ccc(-c2ccc(-c3ccc(-c4ccc(C(=O)NCC(=O)NCC(=O)N[C@@H](CCCCC)C(=O)N[C@H](C(=O)C(=O)NC[C@@H](CCC(=O)O)C(=O)N[C@H](C(=O)O)C(C)C)C(C)C)s4)s3)s2)s1)C(=O)N[C@H](C(=O)N[C@@H](CCC(=O)O)C(=O)N[C@H](C(=O)O)C(C)C)C(C)C. The van der Waals surface area contributed by atoms with Gasteiger partial charge >= 0.3 is 23.9 Å². The molecule has 0 saturated carbocycles. The fourth-order valence-corrected chi connectivity index (χ4v) is 14.7. The van der Waals surface area contributed by atoms with E-state index in [0.29, 0.717) is 35.4 Å². The van der Waals surface area contributed by atoms with Gasteiger partial charge in [-0.3, -0.25) is 71.9 Å². The zero-order chi connectivity index (χ0) is 81.4. The quantitative estimate of drug-likeness (QED) is 0.0219. The van der Waals surface area contributed by atoms with Crippen LogP contribution in [0.1, 0.15) is 166 Å². The number of Topliss-reactive ketones (excluding diaryl/α,β-unsaturated/α-hetero) is 1. The van der Waals surface area contributed by atoms with Gasteiger partial charge in [-0.2, -0.15) is 0 Å². The molecule has 16 N–H and O–H groups in total. The highest BCUT2D eigenvalue weighted by Crippen LogP contribution is 2.43. The summed E-state index contributed by atoms with van der Waals surface area (Å²) in [6.07, 6.45) is 2.37.